The van der Waals surface area contributed by atoms with Gasteiger partial charge in [-0.1, -0.05) is 19.1 Å². The maximum absolute atomic E-state index is 12.2. The second-order valence-electron chi connectivity index (χ2n) is 5.26. The van der Waals surface area contributed by atoms with Gasteiger partial charge >= 0.3 is 0 Å². The van der Waals surface area contributed by atoms with Crippen LogP contribution in [0.1, 0.15) is 35.0 Å². The molecule has 1 heterocycles. The zero-order valence-electron chi connectivity index (χ0n) is 14.0. The van der Waals surface area contributed by atoms with E-state index in [1.54, 1.807) is 37.2 Å². The fraction of sp³-hybridized carbons (Fsp3) is 0.333. The first kappa shape index (κ1) is 16.8. The van der Waals surface area contributed by atoms with Gasteiger partial charge < -0.3 is 9.47 Å². The third-order valence-electron chi connectivity index (χ3n) is 3.36. The van der Waals surface area contributed by atoms with Crippen LogP contribution >= 0.6 is 0 Å². The molecule has 0 saturated heterocycles. The number of allylic oxidation sites excluding steroid dienone is 1. The monoisotopic (exact) mass is 314 g/mol. The van der Waals surface area contributed by atoms with Crippen LogP contribution in [0.25, 0.3) is 6.08 Å². The number of benzene rings is 1. The van der Waals surface area contributed by atoms with E-state index in [-0.39, 0.29) is 5.78 Å². The number of hydrogen-bond acceptors (Lipinski definition) is 4. The first-order chi connectivity index (χ1) is 11.0. The Morgan fingerprint density at radius 2 is 2.13 bits per heavy atom. The lowest BCUT2D eigenvalue weighted by Crippen LogP contribution is -1.98. The highest BCUT2D eigenvalue weighted by Crippen LogP contribution is 2.28. The molecular weight excluding hydrogens is 292 g/mol. The Hall–Kier alpha value is -2.56. The zero-order valence-corrected chi connectivity index (χ0v) is 14.0. The number of rotatable bonds is 7. The molecule has 1 aromatic carbocycles. The predicted molar refractivity (Wildman–Crippen MR) is 90.1 cm³/mol. The van der Waals surface area contributed by atoms with Crippen LogP contribution < -0.4 is 9.47 Å². The maximum atomic E-state index is 12.2. The summed E-state index contributed by atoms with van der Waals surface area (Å²) in [5.74, 6) is 1.30. The highest BCUT2D eigenvalue weighted by Gasteiger charge is 2.10. The third-order valence-corrected chi connectivity index (χ3v) is 3.36. The van der Waals surface area contributed by atoms with Gasteiger partial charge in [0.2, 0.25) is 0 Å². The SMILES string of the molecule is CCCOc1ccc(/C=C/C(=O)c2cn(C)nc2C)cc1OC. The normalized spacial score (nSPS) is 11.0. The summed E-state index contributed by atoms with van der Waals surface area (Å²) in [4.78, 5) is 12.2. The van der Waals surface area contributed by atoms with Crippen LogP contribution in [0.2, 0.25) is 0 Å². The Labute approximate surface area is 136 Å². The van der Waals surface area contributed by atoms with E-state index < -0.39 is 0 Å². The van der Waals surface area contributed by atoms with Crippen LogP contribution in [-0.2, 0) is 7.05 Å². The molecule has 0 aliphatic heterocycles. The van der Waals surface area contributed by atoms with Crippen LogP contribution in [0, 0.1) is 6.92 Å². The van der Waals surface area contributed by atoms with Gasteiger partial charge in [-0.25, -0.2) is 0 Å². The lowest BCUT2D eigenvalue weighted by molar-refractivity contribution is 0.104. The summed E-state index contributed by atoms with van der Waals surface area (Å²) < 4.78 is 12.6. The fourth-order valence-electron chi connectivity index (χ4n) is 2.22. The van der Waals surface area contributed by atoms with Gasteiger partial charge in [-0.15, -0.1) is 0 Å². The van der Waals surface area contributed by atoms with Crippen molar-refractivity contribution in [3.05, 3.63) is 47.3 Å². The average Bonchev–Trinajstić information content (AvgIpc) is 2.89. The molecule has 0 aliphatic rings. The first-order valence-electron chi connectivity index (χ1n) is 7.58. The molecule has 1 aromatic heterocycles. The summed E-state index contributed by atoms with van der Waals surface area (Å²) in [5, 5.41) is 4.18. The molecule has 0 amide bonds. The molecule has 0 N–H and O–H groups in total. The molecule has 23 heavy (non-hydrogen) atoms. The number of ketones is 1. The number of nitrogens with zero attached hydrogens (tertiary/aromatic N) is 2. The highest BCUT2D eigenvalue weighted by atomic mass is 16.5. The van der Waals surface area contributed by atoms with Crippen molar-refractivity contribution >= 4 is 11.9 Å². The molecular formula is C18H22N2O3. The molecule has 0 unspecified atom stereocenters. The van der Waals surface area contributed by atoms with Gasteiger partial charge in [0.25, 0.3) is 0 Å². The zero-order chi connectivity index (χ0) is 16.8. The quantitative estimate of drug-likeness (QED) is 0.580. The average molecular weight is 314 g/mol. The van der Waals surface area contributed by atoms with Crippen LogP contribution in [0.15, 0.2) is 30.5 Å². The lowest BCUT2D eigenvalue weighted by Gasteiger charge is -2.10. The Kier molecular flexibility index (Phi) is 5.57. The molecule has 5 heteroatoms. The number of hydrogen-bond donors (Lipinski definition) is 0. The van der Waals surface area contributed by atoms with Gasteiger partial charge in [0.15, 0.2) is 17.3 Å². The molecule has 0 spiro atoms. The van der Waals surface area contributed by atoms with E-state index in [0.717, 1.165) is 17.7 Å². The van der Waals surface area contributed by atoms with Crippen LogP contribution in [0.5, 0.6) is 11.5 Å². The van der Waals surface area contributed by atoms with E-state index in [1.807, 2.05) is 25.1 Å². The van der Waals surface area contributed by atoms with Crippen molar-refractivity contribution < 1.29 is 14.3 Å². The second-order valence-corrected chi connectivity index (χ2v) is 5.26. The van der Waals surface area contributed by atoms with E-state index in [9.17, 15) is 4.79 Å². The van der Waals surface area contributed by atoms with Gasteiger partial charge in [0, 0.05) is 13.2 Å². The van der Waals surface area contributed by atoms with E-state index in [0.29, 0.717) is 23.7 Å². The van der Waals surface area contributed by atoms with E-state index >= 15 is 0 Å². The Bertz CT molecular complexity index is 717. The van der Waals surface area contributed by atoms with Crippen molar-refractivity contribution in [3.63, 3.8) is 0 Å². The Balaban J connectivity index is 2.16. The van der Waals surface area contributed by atoms with Gasteiger partial charge in [0.1, 0.15) is 0 Å². The summed E-state index contributed by atoms with van der Waals surface area (Å²) in [6.07, 6.45) is 5.97. The molecule has 5 nitrogen and oxygen atoms in total. The molecule has 0 aliphatic carbocycles. The van der Waals surface area contributed by atoms with Crippen LogP contribution in [0.3, 0.4) is 0 Å². The lowest BCUT2D eigenvalue weighted by atomic mass is 10.1. The number of carbonyl (C=O) groups excluding carboxylic acids is 1. The van der Waals surface area contributed by atoms with Gasteiger partial charge in [-0.05, 0) is 37.1 Å². The molecule has 0 saturated carbocycles. The Morgan fingerprint density at radius 1 is 1.35 bits per heavy atom. The van der Waals surface area contributed by atoms with Gasteiger partial charge in [0.05, 0.1) is 25.0 Å². The predicted octanol–water partition coefficient (Wildman–Crippen LogP) is 3.42. The Morgan fingerprint density at radius 3 is 2.74 bits per heavy atom. The third kappa shape index (κ3) is 4.22. The summed E-state index contributed by atoms with van der Waals surface area (Å²) in [6.45, 7) is 4.52. The molecule has 122 valence electrons. The number of methoxy groups -OCH3 is 1. The summed E-state index contributed by atoms with van der Waals surface area (Å²) in [7, 11) is 3.40. The van der Waals surface area contributed by atoms with E-state index in [4.69, 9.17) is 9.47 Å². The minimum Gasteiger partial charge on any atom is -0.493 e. The standard InChI is InChI=1S/C18H22N2O3/c1-5-10-23-17-9-7-14(11-18(17)22-4)6-8-16(21)15-12-20(3)19-13(15)2/h6-9,11-12H,5,10H2,1-4H3/b8-6+. The van der Waals surface area contributed by atoms with Gasteiger partial charge in [-0.3, -0.25) is 9.48 Å². The fourth-order valence-corrected chi connectivity index (χ4v) is 2.22. The topological polar surface area (TPSA) is 53.4 Å². The summed E-state index contributed by atoms with van der Waals surface area (Å²) >= 11 is 0. The van der Waals surface area contributed by atoms with Crippen molar-refractivity contribution in [1.82, 2.24) is 9.78 Å². The van der Waals surface area contributed by atoms with Crippen molar-refractivity contribution in [2.45, 2.75) is 20.3 Å². The molecule has 2 aromatic rings. The first-order valence-corrected chi connectivity index (χ1v) is 7.58. The highest BCUT2D eigenvalue weighted by molar-refractivity contribution is 6.07. The minimum absolute atomic E-state index is 0.0686. The molecule has 2 rings (SSSR count). The smallest absolute Gasteiger partial charge is 0.189 e. The second kappa shape index (κ2) is 7.63. The number of ether oxygens (including phenoxy) is 2. The molecule has 0 radical (unpaired) electrons. The van der Waals surface area contributed by atoms with Crippen LogP contribution in [0.4, 0.5) is 0 Å². The van der Waals surface area contributed by atoms with Gasteiger partial charge in [-0.2, -0.15) is 5.10 Å². The summed E-state index contributed by atoms with van der Waals surface area (Å²) in [5.41, 5.74) is 2.21. The minimum atomic E-state index is -0.0686. The van der Waals surface area contributed by atoms with E-state index in [2.05, 4.69) is 12.0 Å². The number of carbonyl (C=O) groups is 1. The van der Waals surface area contributed by atoms with Crippen molar-refractivity contribution in [2.24, 2.45) is 7.05 Å². The summed E-state index contributed by atoms with van der Waals surface area (Å²) in [6, 6.07) is 5.60. The number of aryl methyl sites for hydroxylation is 2. The molecule has 0 fully saturated rings. The van der Waals surface area contributed by atoms with Crippen LogP contribution in [-0.4, -0.2) is 29.3 Å². The number of aromatic nitrogens is 2. The van der Waals surface area contributed by atoms with Crippen molar-refractivity contribution in [1.29, 1.82) is 0 Å². The molecule has 0 bridgehead atoms. The van der Waals surface area contributed by atoms with Crippen molar-refractivity contribution in [2.75, 3.05) is 13.7 Å². The van der Waals surface area contributed by atoms with E-state index in [1.165, 1.54) is 0 Å². The van der Waals surface area contributed by atoms with Crippen molar-refractivity contribution in [3.8, 4) is 11.5 Å². The molecule has 0 atom stereocenters. The maximum Gasteiger partial charge on any atom is 0.189 e. The largest absolute Gasteiger partial charge is 0.493 e.